The molecule has 1 saturated carbocycles. The van der Waals surface area contributed by atoms with Crippen molar-refractivity contribution in [2.24, 2.45) is 11.3 Å². The van der Waals surface area contributed by atoms with Crippen LogP contribution < -0.4 is 0 Å². The van der Waals surface area contributed by atoms with Gasteiger partial charge < -0.3 is 4.74 Å². The summed E-state index contributed by atoms with van der Waals surface area (Å²) in [6.45, 7) is 0. The Labute approximate surface area is 114 Å². The van der Waals surface area contributed by atoms with Crippen molar-refractivity contribution in [1.82, 2.24) is 0 Å². The van der Waals surface area contributed by atoms with Crippen LogP contribution >= 0.6 is 0 Å². The quantitative estimate of drug-likeness (QED) is 0.467. The monoisotopic (exact) mass is 271 g/mol. The second kappa shape index (κ2) is 4.63. The zero-order valence-electron chi connectivity index (χ0n) is 10.4. The maximum atomic E-state index is 11.6. The van der Waals surface area contributed by atoms with Crippen LogP contribution in [0.2, 0.25) is 0 Å². The van der Waals surface area contributed by atoms with Crippen LogP contribution in [0.15, 0.2) is 24.3 Å². The van der Waals surface area contributed by atoms with Crippen molar-refractivity contribution in [3.63, 3.8) is 0 Å². The third-order valence-electron chi connectivity index (χ3n) is 3.49. The van der Waals surface area contributed by atoms with E-state index in [1.54, 1.807) is 0 Å². The summed E-state index contributed by atoms with van der Waals surface area (Å²) in [7, 11) is 1.19. The van der Waals surface area contributed by atoms with Crippen LogP contribution in [0, 0.1) is 44.1 Å². The number of non-ortho nitro benzene ring substituents is 1. The molecule has 0 bridgehead atoms. The summed E-state index contributed by atoms with van der Waals surface area (Å²) >= 11 is 0. The standard InChI is InChI=1S/C13H9N3O4/c1-20-12(17)11-10(13(11,6-14)7-15)8-2-4-9(5-3-8)16(18)19/h2-5,10-11H,1H3. The molecule has 1 aliphatic rings. The van der Waals surface area contributed by atoms with E-state index in [9.17, 15) is 14.9 Å². The van der Waals surface area contributed by atoms with Gasteiger partial charge in [-0.05, 0) is 5.56 Å². The van der Waals surface area contributed by atoms with Gasteiger partial charge in [-0.15, -0.1) is 0 Å². The van der Waals surface area contributed by atoms with Crippen molar-refractivity contribution < 1.29 is 14.5 Å². The molecule has 0 N–H and O–H groups in total. The Morgan fingerprint density at radius 1 is 1.35 bits per heavy atom. The molecule has 7 nitrogen and oxygen atoms in total. The van der Waals surface area contributed by atoms with E-state index in [2.05, 4.69) is 4.74 Å². The second-order valence-corrected chi connectivity index (χ2v) is 4.42. The summed E-state index contributed by atoms with van der Waals surface area (Å²) in [5, 5.41) is 28.9. The van der Waals surface area contributed by atoms with Crippen LogP contribution in [-0.2, 0) is 9.53 Å². The first kappa shape index (κ1) is 13.5. The lowest BCUT2D eigenvalue weighted by atomic mass is 10.0. The maximum Gasteiger partial charge on any atom is 0.312 e. The minimum absolute atomic E-state index is 0.0940. The van der Waals surface area contributed by atoms with E-state index in [-0.39, 0.29) is 5.69 Å². The fourth-order valence-electron chi connectivity index (χ4n) is 2.40. The Balaban J connectivity index is 2.37. The van der Waals surface area contributed by atoms with Crippen molar-refractivity contribution >= 4 is 11.7 Å². The number of nitrogens with zero attached hydrogens (tertiary/aromatic N) is 3. The number of carbonyl (C=O) groups excluding carboxylic acids is 1. The van der Waals surface area contributed by atoms with Gasteiger partial charge in [0.15, 0.2) is 5.41 Å². The number of nitro benzene ring substituents is 1. The molecular formula is C13H9N3O4. The number of nitriles is 2. The maximum absolute atomic E-state index is 11.6. The Bertz CT molecular complexity index is 640. The first-order chi connectivity index (χ1) is 9.51. The van der Waals surface area contributed by atoms with E-state index in [0.29, 0.717) is 5.56 Å². The van der Waals surface area contributed by atoms with E-state index in [1.165, 1.54) is 31.4 Å². The summed E-state index contributed by atoms with van der Waals surface area (Å²) in [6.07, 6.45) is 0. The lowest BCUT2D eigenvalue weighted by molar-refractivity contribution is -0.384. The van der Waals surface area contributed by atoms with Gasteiger partial charge in [0.05, 0.1) is 30.1 Å². The third kappa shape index (κ3) is 1.77. The van der Waals surface area contributed by atoms with Gasteiger partial charge in [0.1, 0.15) is 0 Å². The first-order valence-electron chi connectivity index (χ1n) is 5.66. The summed E-state index contributed by atoms with van der Waals surface area (Å²) in [4.78, 5) is 21.7. The van der Waals surface area contributed by atoms with Crippen LogP contribution in [0.3, 0.4) is 0 Å². The number of methoxy groups -OCH3 is 1. The molecule has 2 atom stereocenters. The van der Waals surface area contributed by atoms with Gasteiger partial charge in [-0.1, -0.05) is 12.1 Å². The molecule has 2 unspecified atom stereocenters. The molecule has 1 fully saturated rings. The number of ether oxygens (including phenoxy) is 1. The second-order valence-electron chi connectivity index (χ2n) is 4.42. The summed E-state index contributed by atoms with van der Waals surface area (Å²) in [5.74, 6) is -2.11. The molecular weight excluding hydrogens is 262 g/mol. The molecule has 7 heteroatoms. The van der Waals surface area contributed by atoms with Gasteiger partial charge in [0.25, 0.3) is 5.69 Å². The van der Waals surface area contributed by atoms with Gasteiger partial charge in [-0.25, -0.2) is 0 Å². The lowest BCUT2D eigenvalue weighted by Gasteiger charge is -1.99. The Morgan fingerprint density at radius 2 is 1.90 bits per heavy atom. The van der Waals surface area contributed by atoms with Gasteiger partial charge >= 0.3 is 5.97 Å². The van der Waals surface area contributed by atoms with E-state index in [0.717, 1.165) is 0 Å². The van der Waals surface area contributed by atoms with Crippen LogP contribution in [-0.4, -0.2) is 18.0 Å². The molecule has 0 radical (unpaired) electrons. The topological polar surface area (TPSA) is 117 Å². The van der Waals surface area contributed by atoms with Crippen LogP contribution in [0.1, 0.15) is 11.5 Å². The summed E-state index contributed by atoms with van der Waals surface area (Å²) in [6, 6.07) is 9.18. The van der Waals surface area contributed by atoms with E-state index in [4.69, 9.17) is 10.5 Å². The van der Waals surface area contributed by atoms with Gasteiger partial charge in [0, 0.05) is 18.1 Å². The van der Waals surface area contributed by atoms with Gasteiger partial charge in [-0.3, -0.25) is 14.9 Å². The lowest BCUT2D eigenvalue weighted by Crippen LogP contribution is -2.09. The molecule has 1 aromatic rings. The molecule has 0 aliphatic heterocycles. The van der Waals surface area contributed by atoms with E-state index < -0.39 is 28.1 Å². The minimum Gasteiger partial charge on any atom is -0.469 e. The SMILES string of the molecule is COC(=O)C1C(c2ccc([N+](=O)[O-])cc2)C1(C#N)C#N. The van der Waals surface area contributed by atoms with E-state index in [1.807, 2.05) is 12.1 Å². The predicted octanol–water partition coefficient (Wildman–Crippen LogP) is 1.51. The normalized spacial score (nSPS) is 22.1. The Morgan fingerprint density at radius 3 is 2.30 bits per heavy atom. The number of hydrogen-bond acceptors (Lipinski definition) is 6. The molecule has 1 aliphatic carbocycles. The van der Waals surface area contributed by atoms with Crippen LogP contribution in [0.4, 0.5) is 5.69 Å². The van der Waals surface area contributed by atoms with Crippen molar-refractivity contribution in [2.45, 2.75) is 5.92 Å². The molecule has 100 valence electrons. The molecule has 0 amide bonds. The number of rotatable bonds is 3. The zero-order chi connectivity index (χ0) is 14.9. The highest BCUT2D eigenvalue weighted by molar-refractivity contribution is 5.82. The average Bonchev–Trinajstić information content (AvgIpc) is 3.16. The fourth-order valence-corrected chi connectivity index (χ4v) is 2.40. The Hall–Kier alpha value is -2.93. The van der Waals surface area contributed by atoms with Crippen LogP contribution in [0.5, 0.6) is 0 Å². The molecule has 20 heavy (non-hydrogen) atoms. The van der Waals surface area contributed by atoms with Gasteiger partial charge in [-0.2, -0.15) is 10.5 Å². The first-order valence-corrected chi connectivity index (χ1v) is 5.66. The minimum atomic E-state index is -1.46. The zero-order valence-corrected chi connectivity index (χ0v) is 10.4. The fraction of sp³-hybridized carbons (Fsp3) is 0.308. The number of nitro groups is 1. The van der Waals surface area contributed by atoms with Crippen molar-refractivity contribution in [2.75, 3.05) is 7.11 Å². The van der Waals surface area contributed by atoms with Crippen molar-refractivity contribution in [3.8, 4) is 12.1 Å². The molecule has 0 saturated heterocycles. The largest absolute Gasteiger partial charge is 0.469 e. The summed E-state index contributed by atoms with van der Waals surface area (Å²) < 4.78 is 4.60. The highest BCUT2D eigenvalue weighted by Crippen LogP contribution is 2.64. The van der Waals surface area contributed by atoms with Crippen LogP contribution in [0.25, 0.3) is 0 Å². The van der Waals surface area contributed by atoms with Crippen molar-refractivity contribution in [3.05, 3.63) is 39.9 Å². The smallest absolute Gasteiger partial charge is 0.312 e. The molecule has 0 spiro atoms. The Kier molecular flexibility index (Phi) is 3.13. The molecule has 2 rings (SSSR count). The number of benzene rings is 1. The average molecular weight is 271 g/mol. The highest BCUT2D eigenvalue weighted by Gasteiger charge is 2.71. The molecule has 0 heterocycles. The third-order valence-corrected chi connectivity index (χ3v) is 3.49. The van der Waals surface area contributed by atoms with E-state index >= 15 is 0 Å². The van der Waals surface area contributed by atoms with Gasteiger partial charge in [0.2, 0.25) is 0 Å². The number of carbonyl (C=O) groups is 1. The highest BCUT2D eigenvalue weighted by atomic mass is 16.6. The predicted molar refractivity (Wildman–Crippen MR) is 65.0 cm³/mol. The van der Waals surface area contributed by atoms with Crippen molar-refractivity contribution in [1.29, 1.82) is 10.5 Å². The molecule has 1 aromatic carbocycles. The number of hydrogen-bond donors (Lipinski definition) is 0. The number of esters is 1. The molecule has 0 aromatic heterocycles. The summed E-state index contributed by atoms with van der Waals surface area (Å²) in [5.41, 5.74) is -1.01.